The van der Waals surface area contributed by atoms with Gasteiger partial charge in [-0.05, 0) is 56.7 Å². The summed E-state index contributed by atoms with van der Waals surface area (Å²) >= 11 is 0. The van der Waals surface area contributed by atoms with Gasteiger partial charge in [-0.15, -0.1) is 0 Å². The number of esters is 1. The molecule has 1 aliphatic heterocycles. The van der Waals surface area contributed by atoms with Gasteiger partial charge in [0.05, 0.1) is 29.8 Å². The summed E-state index contributed by atoms with van der Waals surface area (Å²) < 4.78 is 11.4. The molecule has 188 valence electrons. The fourth-order valence-electron chi connectivity index (χ4n) is 8.45. The third-order valence-electron chi connectivity index (χ3n) is 10.1. The molecule has 35 heavy (non-hydrogen) atoms. The van der Waals surface area contributed by atoms with E-state index in [4.69, 9.17) is 14.6 Å². The molecule has 7 nitrogen and oxygen atoms in total. The van der Waals surface area contributed by atoms with Crippen molar-refractivity contribution in [2.45, 2.75) is 71.7 Å². The highest BCUT2D eigenvalue weighted by Crippen LogP contribution is 2.82. The molecule has 2 N–H and O–H groups in total. The van der Waals surface area contributed by atoms with Crippen molar-refractivity contribution in [2.75, 3.05) is 6.61 Å². The number of hydrogen-bond acceptors (Lipinski definition) is 6. The number of aromatic carboxylic acids is 1. The molecule has 4 aliphatic carbocycles. The zero-order chi connectivity index (χ0) is 25.3. The lowest BCUT2D eigenvalue weighted by atomic mass is 9.24. The van der Waals surface area contributed by atoms with Crippen molar-refractivity contribution in [1.29, 1.82) is 0 Å². The van der Waals surface area contributed by atoms with E-state index in [0.29, 0.717) is 30.4 Å². The van der Waals surface area contributed by atoms with E-state index in [2.05, 4.69) is 13.8 Å². The second-order valence-electron chi connectivity index (χ2n) is 11.3. The molecular weight excluding hydrogens is 448 g/mol. The lowest BCUT2D eigenvalue weighted by Crippen LogP contribution is -2.83. The molecule has 1 unspecified atom stereocenters. The second-order valence-corrected chi connectivity index (χ2v) is 11.3. The van der Waals surface area contributed by atoms with Crippen LogP contribution in [0.2, 0.25) is 0 Å². The van der Waals surface area contributed by atoms with Crippen molar-refractivity contribution in [3.05, 3.63) is 47.0 Å². The van der Waals surface area contributed by atoms with Crippen LogP contribution in [0.15, 0.2) is 41.5 Å². The highest BCUT2D eigenvalue weighted by atomic mass is 16.5. The minimum Gasteiger partial charge on any atom is -0.478 e. The maximum atomic E-state index is 13.8. The number of carbonyl (C=O) groups excluding carboxylic acids is 2. The van der Waals surface area contributed by atoms with Crippen LogP contribution in [-0.2, 0) is 19.1 Å². The van der Waals surface area contributed by atoms with E-state index < -0.39 is 29.6 Å². The van der Waals surface area contributed by atoms with Crippen LogP contribution in [0.4, 0.5) is 0 Å². The van der Waals surface area contributed by atoms with Gasteiger partial charge < -0.3 is 19.7 Å². The van der Waals surface area contributed by atoms with Gasteiger partial charge in [0.15, 0.2) is 11.9 Å². The number of carbonyl (C=O) groups is 3. The lowest BCUT2D eigenvalue weighted by Gasteiger charge is -2.80. The van der Waals surface area contributed by atoms with Gasteiger partial charge in [0.1, 0.15) is 0 Å². The molecule has 1 spiro atoms. The summed E-state index contributed by atoms with van der Waals surface area (Å²) in [5.74, 6) is -0.619. The Labute approximate surface area is 205 Å². The first-order valence-electron chi connectivity index (χ1n) is 12.5. The smallest absolute Gasteiger partial charge is 0.335 e. The maximum absolute atomic E-state index is 13.8. The highest BCUT2D eigenvalue weighted by Gasteiger charge is 2.84. The summed E-state index contributed by atoms with van der Waals surface area (Å²) in [7, 11) is 0. The van der Waals surface area contributed by atoms with Crippen LogP contribution in [0.1, 0.15) is 63.7 Å². The highest BCUT2D eigenvalue weighted by molar-refractivity contribution is 5.97. The summed E-state index contributed by atoms with van der Waals surface area (Å²) in [5.41, 5.74) is 1.20. The number of allylic oxidation sites excluding steroid dienone is 1. The molecule has 6 rings (SSSR count). The van der Waals surface area contributed by atoms with Crippen molar-refractivity contribution in [2.24, 2.45) is 28.1 Å². The van der Waals surface area contributed by atoms with Gasteiger partial charge in [0.25, 0.3) is 0 Å². The van der Waals surface area contributed by atoms with Gasteiger partial charge in [-0.3, -0.25) is 9.59 Å². The number of fused-ring (bicyclic) bond motifs is 1. The Balaban J connectivity index is 0.000000239. The van der Waals surface area contributed by atoms with E-state index in [-0.39, 0.29) is 22.7 Å². The van der Waals surface area contributed by atoms with Crippen LogP contribution >= 0.6 is 0 Å². The molecule has 5 aliphatic rings. The first-order chi connectivity index (χ1) is 16.5. The number of hydrogen-bond donors (Lipinski definition) is 2. The number of benzene rings is 1. The van der Waals surface area contributed by atoms with Crippen molar-refractivity contribution in [3.8, 4) is 0 Å². The first-order valence-corrected chi connectivity index (χ1v) is 12.5. The summed E-state index contributed by atoms with van der Waals surface area (Å²) in [6, 6.07) is 8.30. The van der Waals surface area contributed by atoms with E-state index >= 15 is 0 Å². The van der Waals surface area contributed by atoms with Crippen molar-refractivity contribution in [1.82, 2.24) is 0 Å². The predicted octanol–water partition coefficient (Wildman–Crippen LogP) is 3.79. The summed E-state index contributed by atoms with van der Waals surface area (Å²) in [6.45, 7) is 8.33. The fraction of sp³-hybridized carbons (Fsp3) is 0.607. The topological polar surface area (TPSA) is 110 Å². The van der Waals surface area contributed by atoms with Crippen LogP contribution in [0.3, 0.4) is 0 Å². The molecule has 1 heterocycles. The van der Waals surface area contributed by atoms with Gasteiger partial charge in [0, 0.05) is 30.1 Å². The molecule has 0 radical (unpaired) electrons. The molecule has 1 aromatic rings. The largest absolute Gasteiger partial charge is 0.478 e. The molecule has 0 amide bonds. The summed E-state index contributed by atoms with van der Waals surface area (Å²) in [4.78, 5) is 35.8. The zero-order valence-corrected chi connectivity index (χ0v) is 20.7. The van der Waals surface area contributed by atoms with Gasteiger partial charge in [-0.2, -0.15) is 0 Å². The standard InChI is InChI=1S/C21H28O5.C7H6O2/c1-10-5-6-12-8-21-13-9-25-14(13)7-15(23)20(21,4)18(24)17(26-11(2)22)16(10)19(12,21)3;8-7(9)6-4-2-1-3-5-6/h12-15,17,23H,5-9H2,1-4H3;1-5H,(H,8,9)/t12-,13+,14+,15-,17+,19+,20-,21?;/m0./s1. The average Bonchev–Trinajstić information content (AvgIpc) is 2.80. The van der Waals surface area contributed by atoms with E-state index in [1.54, 1.807) is 30.3 Å². The van der Waals surface area contributed by atoms with E-state index in [1.807, 2.05) is 6.92 Å². The van der Waals surface area contributed by atoms with Crippen LogP contribution < -0.4 is 0 Å². The lowest BCUT2D eigenvalue weighted by molar-refractivity contribution is -0.346. The van der Waals surface area contributed by atoms with Gasteiger partial charge in [-0.1, -0.05) is 30.7 Å². The molecule has 1 saturated heterocycles. The molecule has 0 aromatic heterocycles. The molecule has 4 fully saturated rings. The number of carboxylic acid groups (broad SMARTS) is 1. The monoisotopic (exact) mass is 482 g/mol. The zero-order valence-electron chi connectivity index (χ0n) is 20.7. The van der Waals surface area contributed by atoms with Crippen LogP contribution in [0, 0.1) is 28.1 Å². The summed E-state index contributed by atoms with van der Waals surface area (Å²) in [5, 5.41) is 19.5. The number of carboxylic acids is 1. The molecular formula is C28H34O7. The normalized spacial score (nSPS) is 42.7. The Morgan fingerprint density at radius 3 is 2.37 bits per heavy atom. The number of aliphatic hydroxyl groups is 1. The second kappa shape index (κ2) is 8.00. The minimum absolute atomic E-state index is 0.0532. The maximum Gasteiger partial charge on any atom is 0.335 e. The number of aliphatic hydroxyl groups excluding tert-OH is 1. The molecule has 3 saturated carbocycles. The Bertz CT molecular complexity index is 1110. The van der Waals surface area contributed by atoms with Crippen LogP contribution in [-0.4, -0.2) is 52.9 Å². The van der Waals surface area contributed by atoms with Crippen LogP contribution in [0.25, 0.3) is 0 Å². The first kappa shape index (κ1) is 24.2. The minimum atomic E-state index is -0.884. The average molecular weight is 483 g/mol. The fourth-order valence-corrected chi connectivity index (χ4v) is 8.45. The van der Waals surface area contributed by atoms with Gasteiger partial charge in [0.2, 0.25) is 0 Å². The predicted molar refractivity (Wildman–Crippen MR) is 127 cm³/mol. The van der Waals surface area contributed by atoms with Crippen molar-refractivity contribution >= 4 is 17.7 Å². The SMILES string of the molecule is CC(=O)O[C@H]1C(=O)[C@]2(C)[C@@H](O)C[C@H]3OC[C@H]3C23C[C@@H]2CCC(C)=C1[C@@]23C.O=C(O)c1ccccc1. The van der Waals surface area contributed by atoms with Crippen LogP contribution in [0.5, 0.6) is 0 Å². The molecule has 0 bridgehead atoms. The number of Topliss-reactive ketones (excluding diaryl/α,β-unsaturated/α-hetero) is 1. The number of ketones is 1. The van der Waals surface area contributed by atoms with E-state index in [9.17, 15) is 19.5 Å². The van der Waals surface area contributed by atoms with Crippen molar-refractivity contribution < 1.29 is 34.1 Å². The third-order valence-corrected chi connectivity index (χ3v) is 10.1. The van der Waals surface area contributed by atoms with Crippen molar-refractivity contribution in [3.63, 3.8) is 0 Å². The van der Waals surface area contributed by atoms with E-state index in [0.717, 1.165) is 24.8 Å². The molecule has 7 heteroatoms. The van der Waals surface area contributed by atoms with Gasteiger partial charge >= 0.3 is 11.9 Å². The Morgan fingerprint density at radius 1 is 1.14 bits per heavy atom. The summed E-state index contributed by atoms with van der Waals surface area (Å²) in [6.07, 6.45) is 2.00. The Kier molecular flexibility index (Phi) is 5.53. The molecule has 1 aromatic carbocycles. The van der Waals surface area contributed by atoms with E-state index in [1.165, 1.54) is 12.5 Å². The number of rotatable bonds is 2. The molecule has 8 atom stereocenters. The Morgan fingerprint density at radius 2 is 1.83 bits per heavy atom. The van der Waals surface area contributed by atoms with Gasteiger partial charge in [-0.25, -0.2) is 4.79 Å². The third kappa shape index (κ3) is 2.94. The number of ether oxygens (including phenoxy) is 2. The quantitative estimate of drug-likeness (QED) is 0.487. The Hall–Kier alpha value is -2.51.